The van der Waals surface area contributed by atoms with Gasteiger partial charge in [-0.3, -0.25) is 0 Å². The third kappa shape index (κ3) is 4.35. The summed E-state index contributed by atoms with van der Waals surface area (Å²) >= 11 is 0. The van der Waals surface area contributed by atoms with E-state index in [-0.39, 0.29) is 11.8 Å². The van der Waals surface area contributed by atoms with E-state index in [0.29, 0.717) is 29.7 Å². The molecule has 3 N–H and O–H groups in total. The fraction of sp³-hybridized carbons (Fsp3) is 0.429. The third-order valence-electron chi connectivity index (χ3n) is 5.14. The Hall–Kier alpha value is -2.83. The molecule has 1 heterocycles. The van der Waals surface area contributed by atoms with E-state index >= 15 is 0 Å². The van der Waals surface area contributed by atoms with Crippen LogP contribution in [0, 0.1) is 11.3 Å². The molecule has 0 bridgehead atoms. The molecule has 2 amide bonds. The molecular formula is C21H25N3O5S. The van der Waals surface area contributed by atoms with Crippen LogP contribution in [0.3, 0.4) is 0 Å². The van der Waals surface area contributed by atoms with E-state index in [1.807, 2.05) is 32.4 Å². The van der Waals surface area contributed by atoms with E-state index in [4.69, 9.17) is 4.42 Å². The highest BCUT2D eigenvalue weighted by molar-refractivity contribution is 7.89. The zero-order valence-corrected chi connectivity index (χ0v) is 18.1. The van der Waals surface area contributed by atoms with Gasteiger partial charge >= 0.3 is 6.03 Å². The van der Waals surface area contributed by atoms with Crippen LogP contribution in [-0.2, 0) is 15.6 Å². The molecule has 1 aromatic carbocycles. The first-order valence-electron chi connectivity index (χ1n) is 9.70. The van der Waals surface area contributed by atoms with E-state index in [9.17, 15) is 23.6 Å². The fourth-order valence-electron chi connectivity index (χ4n) is 3.23. The molecule has 0 unspecified atom stereocenters. The molecular weight excluding hydrogens is 406 g/mol. The number of rotatable bonds is 6. The Bertz CT molecular complexity index is 1090. The number of furan rings is 1. The lowest BCUT2D eigenvalue weighted by Crippen LogP contribution is -2.35. The van der Waals surface area contributed by atoms with E-state index < -0.39 is 26.7 Å². The second-order valence-corrected chi connectivity index (χ2v) is 9.81. The number of nitriles is 1. The molecule has 0 atom stereocenters. The predicted octanol–water partition coefficient (Wildman–Crippen LogP) is 3.89. The van der Waals surface area contributed by atoms with Crippen LogP contribution < -0.4 is 10.0 Å². The number of nitrogens with one attached hydrogen (secondary N) is 2. The first-order valence-corrected chi connectivity index (χ1v) is 11.2. The smallest absolute Gasteiger partial charge is 0.333 e. The van der Waals surface area contributed by atoms with Crippen LogP contribution in [0.4, 0.5) is 10.5 Å². The summed E-state index contributed by atoms with van der Waals surface area (Å²) in [6, 6.07) is 5.79. The first-order chi connectivity index (χ1) is 14.0. The average molecular weight is 432 g/mol. The summed E-state index contributed by atoms with van der Waals surface area (Å²) in [5.41, 5.74) is 1.77. The van der Waals surface area contributed by atoms with Crippen molar-refractivity contribution in [1.82, 2.24) is 4.72 Å². The Kier molecular flexibility index (Phi) is 5.67. The van der Waals surface area contributed by atoms with E-state index in [2.05, 4.69) is 11.4 Å². The van der Waals surface area contributed by atoms with Crippen LogP contribution >= 0.6 is 0 Å². The minimum Gasteiger partial charge on any atom is -0.451 e. The summed E-state index contributed by atoms with van der Waals surface area (Å²) in [5.74, 6) is -0.00995. The zero-order valence-electron chi connectivity index (χ0n) is 17.3. The van der Waals surface area contributed by atoms with Crippen LogP contribution in [0.1, 0.15) is 74.6 Å². The summed E-state index contributed by atoms with van der Waals surface area (Å²) in [6.07, 6.45) is 2.26. The molecule has 1 aliphatic rings. The minimum atomic E-state index is -4.26. The van der Waals surface area contributed by atoms with Gasteiger partial charge in [-0.1, -0.05) is 27.7 Å². The molecule has 1 fully saturated rings. The van der Waals surface area contributed by atoms with E-state index in [1.165, 1.54) is 12.3 Å². The van der Waals surface area contributed by atoms with Crippen LogP contribution in [0.5, 0.6) is 0 Å². The number of hydrogen-bond donors (Lipinski definition) is 3. The molecule has 1 aromatic heterocycles. The molecule has 1 aliphatic carbocycles. The molecule has 2 aromatic rings. The van der Waals surface area contributed by atoms with Crippen molar-refractivity contribution in [2.24, 2.45) is 0 Å². The SMILES string of the molecule is CC(C)c1cc(C#N)cc(C(C)C)c1NC(=O)NS(=O)(=O)c1cc(C2(O)CC2)co1. The van der Waals surface area contributed by atoms with Gasteiger partial charge in [0.05, 0.1) is 23.5 Å². The molecule has 0 saturated heterocycles. The maximum absolute atomic E-state index is 12.6. The Morgan fingerprint density at radius 1 is 1.17 bits per heavy atom. The van der Waals surface area contributed by atoms with Crippen molar-refractivity contribution in [1.29, 1.82) is 5.26 Å². The fourth-order valence-corrected chi connectivity index (χ4v) is 4.08. The first kappa shape index (κ1) is 21.9. The summed E-state index contributed by atoms with van der Waals surface area (Å²) in [4.78, 5) is 12.6. The van der Waals surface area contributed by atoms with Gasteiger partial charge < -0.3 is 14.8 Å². The molecule has 30 heavy (non-hydrogen) atoms. The average Bonchev–Trinajstić information content (AvgIpc) is 3.19. The summed E-state index contributed by atoms with van der Waals surface area (Å²) < 4.78 is 32.1. The van der Waals surface area contributed by atoms with Crippen LogP contribution in [0.2, 0.25) is 0 Å². The summed E-state index contributed by atoms with van der Waals surface area (Å²) in [6.45, 7) is 7.70. The summed E-state index contributed by atoms with van der Waals surface area (Å²) in [7, 11) is -4.26. The number of nitrogens with zero attached hydrogens (tertiary/aromatic N) is 1. The Balaban J connectivity index is 1.87. The topological polar surface area (TPSA) is 132 Å². The lowest BCUT2D eigenvalue weighted by molar-refractivity contribution is 0.150. The van der Waals surface area contributed by atoms with E-state index in [0.717, 1.165) is 11.1 Å². The Morgan fingerprint density at radius 3 is 2.20 bits per heavy atom. The zero-order chi connectivity index (χ0) is 22.3. The highest BCUT2D eigenvalue weighted by atomic mass is 32.2. The standard InChI is InChI=1S/C21H25N3O5S/c1-12(2)16-7-14(10-22)8-17(13(3)4)19(16)23-20(25)24-30(27,28)18-9-15(11-29-18)21(26)5-6-21/h7-9,11-13,26H,5-6H2,1-4H3,(H2,23,24,25). The van der Waals surface area contributed by atoms with Gasteiger partial charge in [-0.25, -0.2) is 9.52 Å². The number of benzene rings is 1. The van der Waals surface area contributed by atoms with Crippen molar-refractivity contribution < 1.29 is 22.7 Å². The quantitative estimate of drug-likeness (QED) is 0.635. The summed E-state index contributed by atoms with van der Waals surface area (Å²) in [5, 5.41) is 21.6. The van der Waals surface area contributed by atoms with Crippen molar-refractivity contribution in [3.05, 3.63) is 46.7 Å². The van der Waals surface area contributed by atoms with Crippen LogP contribution in [0.25, 0.3) is 0 Å². The Morgan fingerprint density at radius 2 is 1.73 bits per heavy atom. The maximum atomic E-state index is 12.6. The minimum absolute atomic E-state index is 0.00498. The van der Waals surface area contributed by atoms with Crippen molar-refractivity contribution >= 4 is 21.7 Å². The lowest BCUT2D eigenvalue weighted by Gasteiger charge is -2.21. The monoisotopic (exact) mass is 431 g/mol. The highest BCUT2D eigenvalue weighted by Crippen LogP contribution is 2.46. The number of sulfonamides is 1. The lowest BCUT2D eigenvalue weighted by atomic mass is 9.90. The molecule has 160 valence electrons. The molecule has 8 nitrogen and oxygen atoms in total. The van der Waals surface area contributed by atoms with Gasteiger partial charge in [0, 0.05) is 17.3 Å². The number of anilines is 1. The molecule has 0 aliphatic heterocycles. The van der Waals surface area contributed by atoms with Crippen molar-refractivity contribution in [3.8, 4) is 6.07 Å². The van der Waals surface area contributed by atoms with Crippen molar-refractivity contribution in [2.75, 3.05) is 5.32 Å². The molecule has 3 rings (SSSR count). The third-order valence-corrected chi connectivity index (χ3v) is 6.34. The van der Waals surface area contributed by atoms with Crippen LogP contribution in [0.15, 0.2) is 34.0 Å². The van der Waals surface area contributed by atoms with Crippen LogP contribution in [-0.4, -0.2) is 19.6 Å². The molecule has 1 saturated carbocycles. The Labute approximate surface area is 176 Å². The van der Waals surface area contributed by atoms with Gasteiger partial charge in [0.1, 0.15) is 0 Å². The number of aliphatic hydroxyl groups is 1. The second-order valence-electron chi connectivity index (χ2n) is 8.20. The normalized spacial score (nSPS) is 15.1. The molecule has 9 heteroatoms. The molecule has 0 radical (unpaired) electrons. The number of urea groups is 1. The largest absolute Gasteiger partial charge is 0.451 e. The predicted molar refractivity (Wildman–Crippen MR) is 111 cm³/mol. The van der Waals surface area contributed by atoms with Gasteiger partial charge in [0.15, 0.2) is 0 Å². The van der Waals surface area contributed by atoms with Gasteiger partial charge in [-0.05, 0) is 47.9 Å². The van der Waals surface area contributed by atoms with Gasteiger partial charge in [0.25, 0.3) is 10.0 Å². The number of carbonyl (C=O) groups excluding carboxylic acids is 1. The van der Waals surface area contributed by atoms with E-state index in [1.54, 1.807) is 12.1 Å². The number of hydrogen-bond acceptors (Lipinski definition) is 6. The highest BCUT2D eigenvalue weighted by Gasteiger charge is 2.44. The van der Waals surface area contributed by atoms with Gasteiger partial charge in [0.2, 0.25) is 5.09 Å². The van der Waals surface area contributed by atoms with Crippen molar-refractivity contribution in [2.45, 2.75) is 63.1 Å². The number of carbonyl (C=O) groups is 1. The number of amides is 2. The maximum Gasteiger partial charge on any atom is 0.333 e. The second kappa shape index (κ2) is 7.78. The molecule has 0 spiro atoms. The van der Waals surface area contributed by atoms with Gasteiger partial charge in [-0.2, -0.15) is 13.7 Å². The van der Waals surface area contributed by atoms with Crippen molar-refractivity contribution in [3.63, 3.8) is 0 Å². The van der Waals surface area contributed by atoms with Gasteiger partial charge in [-0.15, -0.1) is 0 Å².